The molecule has 0 N–H and O–H groups in total. The van der Waals surface area contributed by atoms with Gasteiger partial charge < -0.3 is 4.74 Å². The highest BCUT2D eigenvalue weighted by Crippen LogP contribution is 2.30. The van der Waals surface area contributed by atoms with E-state index in [2.05, 4.69) is 6.92 Å². The Morgan fingerprint density at radius 2 is 1.86 bits per heavy atom. The molecule has 2 heteroatoms. The van der Waals surface area contributed by atoms with Crippen LogP contribution in [0.15, 0.2) is 0 Å². The van der Waals surface area contributed by atoms with E-state index in [0.717, 1.165) is 5.92 Å². The van der Waals surface area contributed by atoms with E-state index in [0.29, 0.717) is 12.3 Å². The highest BCUT2D eigenvalue weighted by atomic mass is 16.5. The number of ether oxygens (including phenoxy) is 1. The Kier molecular flexibility index (Phi) is 4.43. The fourth-order valence-electron chi connectivity index (χ4n) is 2.08. The molecule has 2 nitrogen and oxygen atoms in total. The third-order valence-electron chi connectivity index (χ3n) is 2.96. The van der Waals surface area contributed by atoms with Crippen molar-refractivity contribution in [2.45, 2.75) is 59.0 Å². The number of carbonyl (C=O) groups is 1. The maximum Gasteiger partial charge on any atom is 0.306 e. The zero-order chi connectivity index (χ0) is 10.6. The van der Waals surface area contributed by atoms with Crippen LogP contribution in [0.2, 0.25) is 0 Å². The molecule has 0 aromatic heterocycles. The molecule has 1 saturated carbocycles. The first kappa shape index (κ1) is 11.5. The van der Waals surface area contributed by atoms with E-state index >= 15 is 0 Å². The predicted molar refractivity (Wildman–Crippen MR) is 57.0 cm³/mol. The summed E-state index contributed by atoms with van der Waals surface area (Å²) in [5, 5.41) is 0. The fourth-order valence-corrected chi connectivity index (χ4v) is 2.08. The second kappa shape index (κ2) is 5.38. The molecule has 1 rings (SSSR count). The Morgan fingerprint density at radius 1 is 1.29 bits per heavy atom. The Hall–Kier alpha value is -0.530. The topological polar surface area (TPSA) is 26.3 Å². The molecule has 0 spiro atoms. The summed E-state index contributed by atoms with van der Waals surface area (Å²) < 4.78 is 5.14. The maximum absolute atomic E-state index is 11.4. The molecule has 1 aliphatic rings. The minimum atomic E-state index is -0.0143. The molecule has 0 bridgehead atoms. The van der Waals surface area contributed by atoms with E-state index in [4.69, 9.17) is 4.74 Å². The van der Waals surface area contributed by atoms with Crippen molar-refractivity contribution in [3.63, 3.8) is 0 Å². The Labute approximate surface area is 87.0 Å². The van der Waals surface area contributed by atoms with Gasteiger partial charge in [-0.05, 0) is 38.5 Å². The molecule has 14 heavy (non-hydrogen) atoms. The van der Waals surface area contributed by atoms with Crippen LogP contribution in [0.3, 0.4) is 0 Å². The van der Waals surface area contributed by atoms with E-state index in [-0.39, 0.29) is 12.1 Å². The maximum atomic E-state index is 11.4. The SMILES string of the molecule is CC1CCC(CC(=O)OC(C)C)CC1. The number of hydrogen-bond acceptors (Lipinski definition) is 2. The molecule has 1 fully saturated rings. The summed E-state index contributed by atoms with van der Waals surface area (Å²) in [6, 6.07) is 0. The van der Waals surface area contributed by atoms with E-state index in [1.54, 1.807) is 0 Å². The van der Waals surface area contributed by atoms with E-state index in [1.165, 1.54) is 25.7 Å². The summed E-state index contributed by atoms with van der Waals surface area (Å²) >= 11 is 0. The second-order valence-corrected chi connectivity index (χ2v) is 4.87. The second-order valence-electron chi connectivity index (χ2n) is 4.87. The molecule has 0 amide bonds. The molecule has 1 aliphatic carbocycles. The first-order valence-corrected chi connectivity index (χ1v) is 5.77. The van der Waals surface area contributed by atoms with Gasteiger partial charge >= 0.3 is 5.97 Å². The summed E-state index contributed by atoms with van der Waals surface area (Å²) in [5.74, 6) is 1.42. The van der Waals surface area contributed by atoms with Crippen molar-refractivity contribution >= 4 is 5.97 Å². The van der Waals surface area contributed by atoms with Crippen molar-refractivity contribution < 1.29 is 9.53 Å². The van der Waals surface area contributed by atoms with Gasteiger partial charge in [0.2, 0.25) is 0 Å². The van der Waals surface area contributed by atoms with E-state index in [9.17, 15) is 4.79 Å². The van der Waals surface area contributed by atoms with Crippen molar-refractivity contribution in [2.75, 3.05) is 0 Å². The monoisotopic (exact) mass is 198 g/mol. The summed E-state index contributed by atoms with van der Waals surface area (Å²) in [4.78, 5) is 11.4. The number of esters is 1. The summed E-state index contributed by atoms with van der Waals surface area (Å²) in [7, 11) is 0. The van der Waals surface area contributed by atoms with Crippen LogP contribution in [0.1, 0.15) is 52.9 Å². The molecule has 0 heterocycles. The van der Waals surface area contributed by atoms with Gasteiger partial charge in [-0.3, -0.25) is 4.79 Å². The lowest BCUT2D eigenvalue weighted by atomic mass is 9.81. The van der Waals surface area contributed by atoms with Crippen molar-refractivity contribution in [1.82, 2.24) is 0 Å². The normalized spacial score (nSPS) is 27.7. The molecule has 82 valence electrons. The smallest absolute Gasteiger partial charge is 0.306 e. The molecule has 0 aromatic rings. The van der Waals surface area contributed by atoms with Gasteiger partial charge in [0.25, 0.3) is 0 Å². The minimum Gasteiger partial charge on any atom is -0.463 e. The Balaban J connectivity index is 2.20. The molecule has 0 unspecified atom stereocenters. The minimum absolute atomic E-state index is 0.0143. The van der Waals surface area contributed by atoms with Gasteiger partial charge in [-0.1, -0.05) is 19.8 Å². The van der Waals surface area contributed by atoms with Crippen LogP contribution in [0.5, 0.6) is 0 Å². The van der Waals surface area contributed by atoms with Crippen LogP contribution in [0.4, 0.5) is 0 Å². The zero-order valence-corrected chi connectivity index (χ0v) is 9.58. The Bertz CT molecular complexity index is 179. The van der Waals surface area contributed by atoms with Crippen molar-refractivity contribution in [3.05, 3.63) is 0 Å². The highest BCUT2D eigenvalue weighted by molar-refractivity contribution is 5.69. The molecular weight excluding hydrogens is 176 g/mol. The highest BCUT2D eigenvalue weighted by Gasteiger charge is 2.21. The van der Waals surface area contributed by atoms with Crippen LogP contribution >= 0.6 is 0 Å². The van der Waals surface area contributed by atoms with Gasteiger partial charge in [0.05, 0.1) is 6.10 Å². The van der Waals surface area contributed by atoms with Crippen molar-refractivity contribution in [1.29, 1.82) is 0 Å². The first-order chi connectivity index (χ1) is 6.58. The molecule has 0 aliphatic heterocycles. The predicted octanol–water partition coefficient (Wildman–Crippen LogP) is 3.15. The van der Waals surface area contributed by atoms with Crippen molar-refractivity contribution in [3.8, 4) is 0 Å². The lowest BCUT2D eigenvalue weighted by molar-refractivity contribution is -0.148. The van der Waals surface area contributed by atoms with Gasteiger partial charge in [-0.25, -0.2) is 0 Å². The van der Waals surface area contributed by atoms with Crippen LogP contribution in [0.25, 0.3) is 0 Å². The Morgan fingerprint density at radius 3 is 2.36 bits per heavy atom. The van der Waals surface area contributed by atoms with Gasteiger partial charge in [-0.15, -0.1) is 0 Å². The average Bonchev–Trinajstić information content (AvgIpc) is 2.07. The van der Waals surface area contributed by atoms with Crippen LogP contribution in [-0.4, -0.2) is 12.1 Å². The molecule has 0 radical (unpaired) electrons. The molecule has 0 aromatic carbocycles. The summed E-state index contributed by atoms with van der Waals surface area (Å²) in [5.41, 5.74) is 0. The van der Waals surface area contributed by atoms with Gasteiger partial charge in [-0.2, -0.15) is 0 Å². The number of rotatable bonds is 3. The molecule has 0 saturated heterocycles. The van der Waals surface area contributed by atoms with E-state index in [1.807, 2.05) is 13.8 Å². The van der Waals surface area contributed by atoms with Crippen LogP contribution < -0.4 is 0 Å². The standard InChI is InChI=1S/C12H22O2/c1-9(2)14-12(13)8-11-6-4-10(3)5-7-11/h9-11H,4-8H2,1-3H3. The zero-order valence-electron chi connectivity index (χ0n) is 9.58. The van der Waals surface area contributed by atoms with Crippen LogP contribution in [0, 0.1) is 11.8 Å². The van der Waals surface area contributed by atoms with Crippen LogP contribution in [-0.2, 0) is 9.53 Å². The average molecular weight is 198 g/mol. The number of carbonyl (C=O) groups excluding carboxylic acids is 1. The lowest BCUT2D eigenvalue weighted by Crippen LogP contribution is -2.19. The largest absolute Gasteiger partial charge is 0.463 e. The first-order valence-electron chi connectivity index (χ1n) is 5.77. The number of hydrogen-bond donors (Lipinski definition) is 0. The lowest BCUT2D eigenvalue weighted by Gasteiger charge is -2.25. The summed E-state index contributed by atoms with van der Waals surface area (Å²) in [6.45, 7) is 6.10. The summed E-state index contributed by atoms with van der Waals surface area (Å²) in [6.07, 6.45) is 5.62. The van der Waals surface area contributed by atoms with Gasteiger partial charge in [0.1, 0.15) is 0 Å². The molecule has 0 atom stereocenters. The van der Waals surface area contributed by atoms with Gasteiger partial charge in [0.15, 0.2) is 0 Å². The molecular formula is C12H22O2. The fraction of sp³-hybridized carbons (Fsp3) is 0.917. The third kappa shape index (κ3) is 4.12. The third-order valence-corrected chi connectivity index (χ3v) is 2.96. The van der Waals surface area contributed by atoms with Gasteiger partial charge in [0, 0.05) is 6.42 Å². The van der Waals surface area contributed by atoms with Crippen molar-refractivity contribution in [2.24, 2.45) is 11.8 Å². The van der Waals surface area contributed by atoms with E-state index < -0.39 is 0 Å². The quantitative estimate of drug-likeness (QED) is 0.651.